The van der Waals surface area contributed by atoms with Crippen molar-refractivity contribution in [1.82, 2.24) is 10.3 Å². The number of hydrazine groups is 1. The SMILES string of the molecule is NNc1cccc(C(=O)NC2COc3ccccc32)n1. The Morgan fingerprint density at radius 3 is 2.95 bits per heavy atom. The second-order valence-corrected chi connectivity index (χ2v) is 4.43. The molecule has 20 heavy (non-hydrogen) atoms. The van der Waals surface area contributed by atoms with Crippen LogP contribution < -0.4 is 21.3 Å². The van der Waals surface area contributed by atoms with E-state index in [4.69, 9.17) is 10.6 Å². The van der Waals surface area contributed by atoms with Gasteiger partial charge in [0.15, 0.2) is 0 Å². The molecule has 4 N–H and O–H groups in total. The molecule has 1 aliphatic heterocycles. The Labute approximate surface area is 115 Å². The van der Waals surface area contributed by atoms with Gasteiger partial charge in [-0.15, -0.1) is 0 Å². The first kappa shape index (κ1) is 12.4. The molecule has 2 heterocycles. The monoisotopic (exact) mass is 270 g/mol. The number of pyridine rings is 1. The fourth-order valence-electron chi connectivity index (χ4n) is 2.16. The van der Waals surface area contributed by atoms with Gasteiger partial charge in [-0.05, 0) is 18.2 Å². The normalized spacial score (nSPS) is 16.1. The molecule has 0 radical (unpaired) electrons. The minimum atomic E-state index is -0.257. The number of hydrogen-bond donors (Lipinski definition) is 3. The Balaban J connectivity index is 1.77. The van der Waals surface area contributed by atoms with Crippen LogP contribution in [0.1, 0.15) is 22.1 Å². The van der Waals surface area contributed by atoms with E-state index in [1.165, 1.54) is 0 Å². The van der Waals surface area contributed by atoms with Crippen LogP contribution in [0.5, 0.6) is 5.75 Å². The van der Waals surface area contributed by atoms with E-state index in [9.17, 15) is 4.79 Å². The molecule has 1 unspecified atom stereocenters. The molecular weight excluding hydrogens is 256 g/mol. The number of benzene rings is 1. The highest BCUT2D eigenvalue weighted by atomic mass is 16.5. The Bertz CT molecular complexity index is 645. The Hall–Kier alpha value is -2.60. The third-order valence-electron chi connectivity index (χ3n) is 3.13. The molecule has 1 aromatic carbocycles. The van der Waals surface area contributed by atoms with Gasteiger partial charge >= 0.3 is 0 Å². The predicted octanol–water partition coefficient (Wildman–Crippen LogP) is 1.23. The maximum absolute atomic E-state index is 12.2. The van der Waals surface area contributed by atoms with Gasteiger partial charge in [0.2, 0.25) is 0 Å². The highest BCUT2D eigenvalue weighted by Crippen LogP contribution is 2.31. The van der Waals surface area contributed by atoms with Crippen LogP contribution in [0.25, 0.3) is 0 Å². The summed E-state index contributed by atoms with van der Waals surface area (Å²) in [4.78, 5) is 16.3. The molecule has 1 amide bonds. The number of nitrogen functional groups attached to an aromatic ring is 1. The third kappa shape index (κ3) is 2.28. The third-order valence-corrected chi connectivity index (χ3v) is 3.13. The largest absolute Gasteiger partial charge is 0.491 e. The Kier molecular flexibility index (Phi) is 3.22. The topological polar surface area (TPSA) is 89.3 Å². The fraction of sp³-hybridized carbons (Fsp3) is 0.143. The number of ether oxygens (including phenoxy) is 1. The number of para-hydroxylation sites is 1. The quantitative estimate of drug-likeness (QED) is 0.576. The highest BCUT2D eigenvalue weighted by Gasteiger charge is 2.25. The van der Waals surface area contributed by atoms with Crippen molar-refractivity contribution in [3.63, 3.8) is 0 Å². The number of anilines is 1. The number of nitrogens with two attached hydrogens (primary N) is 1. The van der Waals surface area contributed by atoms with Crippen molar-refractivity contribution in [3.8, 4) is 5.75 Å². The van der Waals surface area contributed by atoms with E-state index >= 15 is 0 Å². The Morgan fingerprint density at radius 1 is 1.25 bits per heavy atom. The van der Waals surface area contributed by atoms with Crippen LogP contribution in [-0.4, -0.2) is 17.5 Å². The lowest BCUT2D eigenvalue weighted by Gasteiger charge is -2.11. The van der Waals surface area contributed by atoms with Gasteiger partial charge < -0.3 is 15.5 Å². The molecule has 1 aromatic heterocycles. The van der Waals surface area contributed by atoms with Gasteiger partial charge in [-0.25, -0.2) is 10.8 Å². The lowest BCUT2D eigenvalue weighted by molar-refractivity contribution is 0.0925. The van der Waals surface area contributed by atoms with Crippen molar-refractivity contribution in [2.45, 2.75) is 6.04 Å². The first-order valence-electron chi connectivity index (χ1n) is 6.24. The summed E-state index contributed by atoms with van der Waals surface area (Å²) >= 11 is 0. The maximum atomic E-state index is 12.2. The van der Waals surface area contributed by atoms with Crippen LogP contribution >= 0.6 is 0 Å². The van der Waals surface area contributed by atoms with Gasteiger partial charge in [-0.3, -0.25) is 4.79 Å². The highest BCUT2D eigenvalue weighted by molar-refractivity contribution is 5.93. The first-order chi connectivity index (χ1) is 9.78. The average Bonchev–Trinajstić information content (AvgIpc) is 2.90. The summed E-state index contributed by atoms with van der Waals surface area (Å²) in [5.41, 5.74) is 3.71. The van der Waals surface area contributed by atoms with Gasteiger partial charge in [0.25, 0.3) is 5.91 Å². The number of hydrogen-bond acceptors (Lipinski definition) is 5. The standard InChI is InChI=1S/C14H14N4O2/c15-18-13-7-3-5-10(16-13)14(19)17-11-8-20-12-6-2-1-4-9(11)12/h1-7,11H,8,15H2,(H,16,18)(H,17,19). The number of nitrogens with zero attached hydrogens (tertiary/aromatic N) is 1. The molecule has 6 nitrogen and oxygen atoms in total. The van der Waals surface area contributed by atoms with Crippen molar-refractivity contribution in [1.29, 1.82) is 0 Å². The zero-order valence-corrected chi connectivity index (χ0v) is 10.7. The fourth-order valence-corrected chi connectivity index (χ4v) is 2.16. The smallest absolute Gasteiger partial charge is 0.270 e. The predicted molar refractivity (Wildman–Crippen MR) is 74.2 cm³/mol. The molecule has 1 atom stereocenters. The lowest BCUT2D eigenvalue weighted by Crippen LogP contribution is -2.30. The van der Waals surface area contributed by atoms with Gasteiger partial charge in [-0.1, -0.05) is 24.3 Å². The molecule has 0 spiro atoms. The molecule has 0 bridgehead atoms. The van der Waals surface area contributed by atoms with Crippen LogP contribution in [-0.2, 0) is 0 Å². The minimum Gasteiger partial charge on any atom is -0.491 e. The molecule has 0 aliphatic carbocycles. The Morgan fingerprint density at radius 2 is 2.10 bits per heavy atom. The molecule has 6 heteroatoms. The van der Waals surface area contributed by atoms with Crippen molar-refractivity contribution in [2.24, 2.45) is 5.84 Å². The summed E-state index contributed by atoms with van der Waals surface area (Å²) in [5.74, 6) is 6.28. The first-order valence-corrected chi connectivity index (χ1v) is 6.24. The number of nitrogens with one attached hydrogen (secondary N) is 2. The van der Waals surface area contributed by atoms with E-state index in [1.807, 2.05) is 24.3 Å². The average molecular weight is 270 g/mol. The maximum Gasteiger partial charge on any atom is 0.270 e. The van der Waals surface area contributed by atoms with Crippen LogP contribution in [0.15, 0.2) is 42.5 Å². The zero-order valence-electron chi connectivity index (χ0n) is 10.7. The number of carbonyl (C=O) groups excluding carboxylic acids is 1. The summed E-state index contributed by atoms with van der Waals surface area (Å²) in [6.45, 7) is 0.430. The number of fused-ring (bicyclic) bond motifs is 1. The van der Waals surface area contributed by atoms with Crippen LogP contribution in [0.3, 0.4) is 0 Å². The van der Waals surface area contributed by atoms with Crippen LogP contribution in [0.4, 0.5) is 5.82 Å². The van der Waals surface area contributed by atoms with Crippen molar-refractivity contribution >= 4 is 11.7 Å². The summed E-state index contributed by atoms with van der Waals surface area (Å²) in [6.07, 6.45) is 0. The summed E-state index contributed by atoms with van der Waals surface area (Å²) < 4.78 is 5.53. The molecule has 0 saturated carbocycles. The number of amides is 1. The molecular formula is C14H14N4O2. The molecule has 0 fully saturated rings. The minimum absolute atomic E-state index is 0.157. The molecule has 102 valence electrons. The number of aromatic nitrogens is 1. The lowest BCUT2D eigenvalue weighted by atomic mass is 10.1. The molecule has 3 rings (SSSR count). The van der Waals surface area contributed by atoms with E-state index in [2.05, 4.69) is 15.7 Å². The second kappa shape index (κ2) is 5.18. The van der Waals surface area contributed by atoms with Gasteiger partial charge in [-0.2, -0.15) is 0 Å². The van der Waals surface area contributed by atoms with E-state index in [1.54, 1.807) is 18.2 Å². The van der Waals surface area contributed by atoms with Crippen molar-refractivity contribution < 1.29 is 9.53 Å². The number of rotatable bonds is 3. The molecule has 2 aromatic rings. The van der Waals surface area contributed by atoms with Crippen molar-refractivity contribution in [3.05, 3.63) is 53.7 Å². The van der Waals surface area contributed by atoms with E-state index in [0.717, 1.165) is 11.3 Å². The van der Waals surface area contributed by atoms with Crippen LogP contribution in [0.2, 0.25) is 0 Å². The van der Waals surface area contributed by atoms with E-state index in [0.29, 0.717) is 18.1 Å². The van der Waals surface area contributed by atoms with Crippen LogP contribution in [0, 0.1) is 0 Å². The van der Waals surface area contributed by atoms with E-state index < -0.39 is 0 Å². The van der Waals surface area contributed by atoms with Crippen molar-refractivity contribution in [2.75, 3.05) is 12.0 Å². The molecule has 1 aliphatic rings. The summed E-state index contributed by atoms with van der Waals surface area (Å²) in [6, 6.07) is 12.5. The van der Waals surface area contributed by atoms with Gasteiger partial charge in [0, 0.05) is 5.56 Å². The van der Waals surface area contributed by atoms with Gasteiger partial charge in [0.05, 0.1) is 6.04 Å². The summed E-state index contributed by atoms with van der Waals surface area (Å²) in [5, 5.41) is 2.91. The molecule has 0 saturated heterocycles. The zero-order chi connectivity index (χ0) is 13.9. The number of carbonyl (C=O) groups is 1. The summed E-state index contributed by atoms with van der Waals surface area (Å²) in [7, 11) is 0. The van der Waals surface area contributed by atoms with Gasteiger partial charge in [0.1, 0.15) is 23.9 Å². The second-order valence-electron chi connectivity index (χ2n) is 4.43. The van der Waals surface area contributed by atoms with E-state index in [-0.39, 0.29) is 11.9 Å².